The third-order valence-corrected chi connectivity index (χ3v) is 4.09. The van der Waals surface area contributed by atoms with Crippen molar-refractivity contribution < 1.29 is 18.4 Å². The first-order chi connectivity index (χ1) is 8.65. The smallest absolute Gasteiger partial charge is 0.273 e. The number of hydrogen-bond acceptors (Lipinski definition) is 5. The van der Waals surface area contributed by atoms with Crippen molar-refractivity contribution in [2.24, 2.45) is 0 Å². The Morgan fingerprint density at radius 2 is 2.00 bits per heavy atom. The average molecular weight is 288 g/mol. The number of aryl methyl sites for hydroxylation is 1. The van der Waals surface area contributed by atoms with Gasteiger partial charge in [-0.25, -0.2) is 13.1 Å². The molecule has 0 radical (unpaired) electrons. The summed E-state index contributed by atoms with van der Waals surface area (Å²) in [5.41, 5.74) is 0.712. The quantitative estimate of drug-likeness (QED) is 0.617. The summed E-state index contributed by atoms with van der Waals surface area (Å²) in [4.78, 5) is 10.1. The van der Waals surface area contributed by atoms with Gasteiger partial charge in [0.05, 0.1) is 15.9 Å². The lowest BCUT2D eigenvalue weighted by Gasteiger charge is -2.10. The molecule has 1 aromatic rings. The van der Waals surface area contributed by atoms with Crippen LogP contribution in [0.1, 0.15) is 18.1 Å². The average Bonchev–Trinajstić information content (AvgIpc) is 2.29. The molecule has 1 atom stereocenters. The van der Waals surface area contributed by atoms with Crippen molar-refractivity contribution in [3.8, 4) is 0 Å². The minimum absolute atomic E-state index is 0.150. The standard InChI is InChI=1S/C11H16N2O5S/c1-7-4-10(5-11(9(7)3)13(15)16)19(17,18)12-6-8(2)14/h4-5,8,12,14H,6H2,1-3H3/t8-/m0/s1. The van der Waals surface area contributed by atoms with Gasteiger partial charge in [0.2, 0.25) is 10.0 Å². The van der Waals surface area contributed by atoms with Gasteiger partial charge in [-0.2, -0.15) is 0 Å². The Bertz CT molecular complexity index is 595. The molecule has 0 aromatic heterocycles. The van der Waals surface area contributed by atoms with E-state index < -0.39 is 21.1 Å². The summed E-state index contributed by atoms with van der Waals surface area (Å²) in [6, 6.07) is 2.39. The third-order valence-electron chi connectivity index (χ3n) is 2.69. The predicted octanol–water partition coefficient (Wildman–Crippen LogP) is 0.871. The number of hydrogen-bond donors (Lipinski definition) is 2. The van der Waals surface area contributed by atoms with E-state index in [2.05, 4.69) is 4.72 Å². The first-order valence-corrected chi connectivity index (χ1v) is 7.07. The molecule has 0 unspecified atom stereocenters. The second kappa shape index (κ2) is 5.64. The maximum Gasteiger partial charge on any atom is 0.273 e. The van der Waals surface area contributed by atoms with Gasteiger partial charge in [0.25, 0.3) is 5.69 Å². The number of aliphatic hydroxyl groups is 1. The van der Waals surface area contributed by atoms with Crippen molar-refractivity contribution in [2.75, 3.05) is 6.54 Å². The summed E-state index contributed by atoms with van der Waals surface area (Å²) in [6.45, 7) is 4.46. The highest BCUT2D eigenvalue weighted by atomic mass is 32.2. The SMILES string of the molecule is Cc1cc(S(=O)(=O)NC[C@H](C)O)cc([N+](=O)[O-])c1C. The molecule has 0 amide bonds. The molecular formula is C11H16N2O5S. The first-order valence-electron chi connectivity index (χ1n) is 5.58. The molecule has 8 heteroatoms. The predicted molar refractivity (Wildman–Crippen MR) is 69.4 cm³/mol. The van der Waals surface area contributed by atoms with E-state index in [1.165, 1.54) is 13.0 Å². The summed E-state index contributed by atoms with van der Waals surface area (Å²) in [6.07, 6.45) is -0.837. The van der Waals surface area contributed by atoms with E-state index >= 15 is 0 Å². The number of nitrogens with zero attached hydrogens (tertiary/aromatic N) is 1. The molecule has 0 spiro atoms. The van der Waals surface area contributed by atoms with Crippen LogP contribution >= 0.6 is 0 Å². The van der Waals surface area contributed by atoms with E-state index in [9.17, 15) is 18.5 Å². The van der Waals surface area contributed by atoms with Crippen molar-refractivity contribution in [1.29, 1.82) is 0 Å². The zero-order chi connectivity index (χ0) is 14.8. The molecule has 0 aliphatic carbocycles. The molecule has 0 saturated carbocycles. The van der Waals surface area contributed by atoms with Crippen LogP contribution in [-0.4, -0.2) is 31.1 Å². The molecule has 0 saturated heterocycles. The van der Waals surface area contributed by atoms with Crippen LogP contribution in [-0.2, 0) is 10.0 Å². The Kier molecular flexibility index (Phi) is 4.61. The number of nitro groups is 1. The fourth-order valence-corrected chi connectivity index (χ4v) is 2.69. The van der Waals surface area contributed by atoms with Crippen LogP contribution in [0.4, 0.5) is 5.69 Å². The Balaban J connectivity index is 3.25. The molecule has 1 rings (SSSR count). The summed E-state index contributed by atoms with van der Waals surface area (Å²) in [5.74, 6) is 0. The Morgan fingerprint density at radius 1 is 1.42 bits per heavy atom. The van der Waals surface area contributed by atoms with Crippen LogP contribution in [0.5, 0.6) is 0 Å². The van der Waals surface area contributed by atoms with Gasteiger partial charge in [-0.05, 0) is 32.4 Å². The fourth-order valence-electron chi connectivity index (χ4n) is 1.47. The summed E-state index contributed by atoms with van der Waals surface area (Å²) in [7, 11) is -3.87. The molecule has 0 fully saturated rings. The fraction of sp³-hybridized carbons (Fsp3) is 0.455. The van der Waals surface area contributed by atoms with E-state index in [1.54, 1.807) is 13.8 Å². The lowest BCUT2D eigenvalue weighted by atomic mass is 10.1. The van der Waals surface area contributed by atoms with Gasteiger partial charge in [-0.1, -0.05) is 0 Å². The molecule has 2 N–H and O–H groups in total. The molecule has 19 heavy (non-hydrogen) atoms. The number of rotatable bonds is 5. The second-order valence-corrected chi connectivity index (χ2v) is 6.11. The minimum Gasteiger partial charge on any atom is -0.392 e. The van der Waals surface area contributed by atoms with Gasteiger partial charge >= 0.3 is 0 Å². The highest BCUT2D eigenvalue weighted by molar-refractivity contribution is 7.89. The molecule has 0 bridgehead atoms. The normalized spacial score (nSPS) is 13.3. The number of sulfonamides is 1. The third kappa shape index (κ3) is 3.72. The Hall–Kier alpha value is -1.51. The molecule has 0 aliphatic heterocycles. The van der Waals surface area contributed by atoms with E-state index in [0.717, 1.165) is 6.07 Å². The number of benzene rings is 1. The molecular weight excluding hydrogens is 272 g/mol. The molecule has 7 nitrogen and oxygen atoms in total. The van der Waals surface area contributed by atoms with Gasteiger partial charge in [0.15, 0.2) is 0 Å². The van der Waals surface area contributed by atoms with Crippen LogP contribution in [0.25, 0.3) is 0 Å². The number of aliphatic hydroxyl groups excluding tert-OH is 1. The van der Waals surface area contributed by atoms with Gasteiger partial charge in [0.1, 0.15) is 0 Å². The van der Waals surface area contributed by atoms with Crippen molar-refractivity contribution in [3.05, 3.63) is 33.4 Å². The lowest BCUT2D eigenvalue weighted by Crippen LogP contribution is -2.30. The lowest BCUT2D eigenvalue weighted by molar-refractivity contribution is -0.385. The summed E-state index contributed by atoms with van der Waals surface area (Å²) < 4.78 is 26.0. The van der Waals surface area contributed by atoms with Crippen molar-refractivity contribution in [2.45, 2.75) is 31.8 Å². The molecule has 106 valence electrons. The summed E-state index contributed by atoms with van der Waals surface area (Å²) >= 11 is 0. The minimum atomic E-state index is -3.87. The zero-order valence-corrected chi connectivity index (χ0v) is 11.7. The highest BCUT2D eigenvalue weighted by Crippen LogP contribution is 2.25. The van der Waals surface area contributed by atoms with E-state index in [1.807, 2.05) is 0 Å². The van der Waals surface area contributed by atoms with Crippen molar-refractivity contribution in [3.63, 3.8) is 0 Å². The Labute approximate surface area is 111 Å². The molecule has 0 heterocycles. The topological polar surface area (TPSA) is 110 Å². The summed E-state index contributed by atoms with van der Waals surface area (Å²) in [5, 5.41) is 19.9. The largest absolute Gasteiger partial charge is 0.392 e. The second-order valence-electron chi connectivity index (χ2n) is 4.34. The monoisotopic (exact) mass is 288 g/mol. The maximum absolute atomic E-state index is 11.9. The van der Waals surface area contributed by atoms with Crippen LogP contribution in [0, 0.1) is 24.0 Å². The van der Waals surface area contributed by atoms with E-state index in [4.69, 9.17) is 5.11 Å². The highest BCUT2D eigenvalue weighted by Gasteiger charge is 2.21. The zero-order valence-electron chi connectivity index (χ0n) is 10.9. The van der Waals surface area contributed by atoms with Crippen molar-refractivity contribution in [1.82, 2.24) is 4.72 Å². The van der Waals surface area contributed by atoms with Gasteiger partial charge < -0.3 is 5.11 Å². The van der Waals surface area contributed by atoms with Gasteiger partial charge in [-0.15, -0.1) is 0 Å². The molecule has 0 aliphatic rings. The van der Waals surface area contributed by atoms with E-state index in [-0.39, 0.29) is 17.1 Å². The van der Waals surface area contributed by atoms with Crippen LogP contribution < -0.4 is 4.72 Å². The number of nitro benzene ring substituents is 1. The van der Waals surface area contributed by atoms with Crippen LogP contribution in [0.2, 0.25) is 0 Å². The van der Waals surface area contributed by atoms with Crippen LogP contribution in [0.3, 0.4) is 0 Å². The van der Waals surface area contributed by atoms with Crippen molar-refractivity contribution >= 4 is 15.7 Å². The maximum atomic E-state index is 11.9. The van der Waals surface area contributed by atoms with E-state index in [0.29, 0.717) is 11.1 Å². The van der Waals surface area contributed by atoms with Gasteiger partial charge in [-0.3, -0.25) is 10.1 Å². The first kappa shape index (κ1) is 15.5. The number of nitrogens with one attached hydrogen (secondary N) is 1. The Morgan fingerprint density at radius 3 is 2.47 bits per heavy atom. The van der Waals surface area contributed by atoms with Crippen LogP contribution in [0.15, 0.2) is 17.0 Å². The van der Waals surface area contributed by atoms with Gasteiger partial charge in [0, 0.05) is 18.2 Å². The molecule has 1 aromatic carbocycles.